The Kier molecular flexibility index (Phi) is 2.60. The Morgan fingerprint density at radius 2 is 2.08 bits per heavy atom. The Morgan fingerprint density at radius 3 is 2.46 bits per heavy atom. The number of aryl methyl sites for hydroxylation is 1. The summed E-state index contributed by atoms with van der Waals surface area (Å²) in [5.41, 5.74) is 0.265. The molecule has 13 heavy (non-hydrogen) atoms. The lowest BCUT2D eigenvalue weighted by Gasteiger charge is -1.98. The van der Waals surface area contributed by atoms with Gasteiger partial charge in [-0.25, -0.2) is 4.98 Å². The molecular formula is C7H9F3N2O. The lowest BCUT2D eigenvalue weighted by molar-refractivity contribution is -0.157. The SMILES string of the molecule is CNCc1oc(C(F)(F)F)nc1C. The van der Waals surface area contributed by atoms with Crippen molar-refractivity contribution in [3.05, 3.63) is 17.3 Å². The van der Waals surface area contributed by atoms with E-state index in [4.69, 9.17) is 0 Å². The highest BCUT2D eigenvalue weighted by Crippen LogP contribution is 2.29. The van der Waals surface area contributed by atoms with Crippen LogP contribution in [-0.4, -0.2) is 12.0 Å². The second-order valence-electron chi connectivity index (χ2n) is 2.56. The van der Waals surface area contributed by atoms with Crippen LogP contribution in [0.4, 0.5) is 13.2 Å². The van der Waals surface area contributed by atoms with Crippen LogP contribution in [0.2, 0.25) is 0 Å². The monoisotopic (exact) mass is 194 g/mol. The Morgan fingerprint density at radius 1 is 1.46 bits per heavy atom. The first-order valence-corrected chi connectivity index (χ1v) is 3.63. The molecule has 0 radical (unpaired) electrons. The second kappa shape index (κ2) is 3.37. The molecule has 1 aromatic heterocycles. The van der Waals surface area contributed by atoms with Crippen LogP contribution in [0.15, 0.2) is 4.42 Å². The summed E-state index contributed by atoms with van der Waals surface area (Å²) >= 11 is 0. The van der Waals surface area contributed by atoms with Gasteiger partial charge in [0.2, 0.25) is 0 Å². The van der Waals surface area contributed by atoms with Crippen molar-refractivity contribution in [2.75, 3.05) is 7.05 Å². The zero-order valence-corrected chi connectivity index (χ0v) is 7.20. The van der Waals surface area contributed by atoms with Crippen molar-refractivity contribution in [2.45, 2.75) is 19.6 Å². The van der Waals surface area contributed by atoms with Crippen LogP contribution in [0.5, 0.6) is 0 Å². The number of hydrogen-bond donors (Lipinski definition) is 1. The number of halogens is 3. The van der Waals surface area contributed by atoms with Crippen molar-refractivity contribution in [1.29, 1.82) is 0 Å². The summed E-state index contributed by atoms with van der Waals surface area (Å²) in [4.78, 5) is 3.27. The quantitative estimate of drug-likeness (QED) is 0.778. The summed E-state index contributed by atoms with van der Waals surface area (Å²) in [7, 11) is 1.62. The molecule has 0 spiro atoms. The average Bonchev–Trinajstić information content (AvgIpc) is 2.32. The van der Waals surface area contributed by atoms with Gasteiger partial charge in [-0.3, -0.25) is 0 Å². The van der Waals surface area contributed by atoms with Gasteiger partial charge in [0.05, 0.1) is 12.2 Å². The molecule has 3 nitrogen and oxygen atoms in total. The predicted molar refractivity (Wildman–Crippen MR) is 39.0 cm³/mol. The van der Waals surface area contributed by atoms with E-state index in [1.54, 1.807) is 7.05 Å². The molecule has 0 bridgehead atoms. The Bertz CT molecular complexity index is 292. The number of oxazole rings is 1. The van der Waals surface area contributed by atoms with Crippen molar-refractivity contribution < 1.29 is 17.6 Å². The topological polar surface area (TPSA) is 38.1 Å². The molecule has 0 saturated carbocycles. The molecule has 1 N–H and O–H groups in total. The first kappa shape index (κ1) is 10.0. The molecule has 1 rings (SSSR count). The molecule has 0 unspecified atom stereocenters. The zero-order chi connectivity index (χ0) is 10.1. The van der Waals surface area contributed by atoms with Gasteiger partial charge in [0.25, 0.3) is 0 Å². The van der Waals surface area contributed by atoms with Crippen LogP contribution in [0.1, 0.15) is 17.3 Å². The summed E-state index contributed by atoms with van der Waals surface area (Å²) in [6.07, 6.45) is -4.50. The highest BCUT2D eigenvalue weighted by Gasteiger charge is 2.37. The van der Waals surface area contributed by atoms with Crippen LogP contribution < -0.4 is 5.32 Å². The molecular weight excluding hydrogens is 185 g/mol. The van der Waals surface area contributed by atoms with Crippen molar-refractivity contribution in [2.24, 2.45) is 0 Å². The molecule has 1 heterocycles. The fourth-order valence-electron chi connectivity index (χ4n) is 0.874. The Labute approximate surface area is 73.0 Å². The second-order valence-corrected chi connectivity index (χ2v) is 2.56. The van der Waals surface area contributed by atoms with Gasteiger partial charge in [-0.15, -0.1) is 0 Å². The number of aromatic nitrogens is 1. The fraction of sp³-hybridized carbons (Fsp3) is 0.571. The summed E-state index contributed by atoms with van der Waals surface area (Å²) in [5.74, 6) is -0.968. The molecule has 0 aliphatic rings. The Balaban J connectivity index is 2.95. The maximum absolute atomic E-state index is 12.0. The number of rotatable bonds is 2. The van der Waals surface area contributed by atoms with Gasteiger partial charge >= 0.3 is 12.1 Å². The van der Waals surface area contributed by atoms with Crippen LogP contribution in [0.3, 0.4) is 0 Å². The number of nitrogens with one attached hydrogen (secondary N) is 1. The van der Waals surface area contributed by atoms with Gasteiger partial charge in [-0.1, -0.05) is 0 Å². The number of alkyl halides is 3. The van der Waals surface area contributed by atoms with Crippen molar-refractivity contribution in [3.63, 3.8) is 0 Å². The minimum absolute atomic E-state index is 0.217. The first-order valence-electron chi connectivity index (χ1n) is 3.63. The van der Waals surface area contributed by atoms with E-state index in [-0.39, 0.29) is 18.0 Å². The van der Waals surface area contributed by atoms with Gasteiger partial charge in [0.1, 0.15) is 5.76 Å². The van der Waals surface area contributed by atoms with Crippen molar-refractivity contribution in [3.8, 4) is 0 Å². The molecule has 0 aliphatic carbocycles. The van der Waals surface area contributed by atoms with E-state index < -0.39 is 12.1 Å². The van der Waals surface area contributed by atoms with Crippen LogP contribution in [0.25, 0.3) is 0 Å². The van der Waals surface area contributed by atoms with Gasteiger partial charge < -0.3 is 9.73 Å². The van der Waals surface area contributed by atoms with Crippen molar-refractivity contribution >= 4 is 0 Å². The molecule has 0 saturated heterocycles. The van der Waals surface area contributed by atoms with E-state index in [9.17, 15) is 13.2 Å². The molecule has 0 aliphatic heterocycles. The lowest BCUT2D eigenvalue weighted by atomic mass is 10.4. The maximum atomic E-state index is 12.0. The summed E-state index contributed by atoms with van der Waals surface area (Å²) in [5, 5.41) is 2.69. The van der Waals surface area contributed by atoms with E-state index in [0.717, 1.165) is 0 Å². The number of hydrogen-bond acceptors (Lipinski definition) is 3. The summed E-state index contributed by atoms with van der Waals surface area (Å²) < 4.78 is 40.7. The predicted octanol–water partition coefficient (Wildman–Crippen LogP) is 1.72. The first-order chi connectivity index (χ1) is 5.95. The van der Waals surface area contributed by atoms with Crippen molar-refractivity contribution in [1.82, 2.24) is 10.3 Å². The largest absolute Gasteiger partial charge is 0.468 e. The van der Waals surface area contributed by atoms with Crippen LogP contribution >= 0.6 is 0 Å². The molecule has 0 atom stereocenters. The van der Waals surface area contributed by atoms with Gasteiger partial charge in [-0.05, 0) is 14.0 Å². The number of nitrogens with zero attached hydrogens (tertiary/aromatic N) is 1. The molecule has 6 heteroatoms. The molecule has 0 aromatic carbocycles. The fourth-order valence-corrected chi connectivity index (χ4v) is 0.874. The standard InChI is InChI=1S/C7H9F3N2O/c1-4-5(3-11-2)13-6(12-4)7(8,9)10/h11H,3H2,1-2H3. The molecule has 0 amide bonds. The summed E-state index contributed by atoms with van der Waals surface area (Å²) in [6, 6.07) is 0. The molecule has 74 valence electrons. The highest BCUT2D eigenvalue weighted by atomic mass is 19.4. The zero-order valence-electron chi connectivity index (χ0n) is 7.20. The minimum atomic E-state index is -4.50. The van der Waals surface area contributed by atoms with E-state index >= 15 is 0 Å². The highest BCUT2D eigenvalue weighted by molar-refractivity contribution is 5.08. The Hall–Kier alpha value is -1.04. The third-order valence-corrected chi connectivity index (χ3v) is 1.47. The van der Waals surface area contributed by atoms with Crippen LogP contribution in [0, 0.1) is 6.92 Å². The van der Waals surface area contributed by atoms with Gasteiger partial charge in [0.15, 0.2) is 0 Å². The molecule has 0 fully saturated rings. The van der Waals surface area contributed by atoms with Gasteiger partial charge in [-0.2, -0.15) is 13.2 Å². The average molecular weight is 194 g/mol. The smallest absolute Gasteiger partial charge is 0.436 e. The maximum Gasteiger partial charge on any atom is 0.468 e. The summed E-state index contributed by atoms with van der Waals surface area (Å²) in [6.45, 7) is 1.72. The van der Waals surface area contributed by atoms with Crippen LogP contribution in [-0.2, 0) is 12.7 Å². The third kappa shape index (κ3) is 2.21. The van der Waals surface area contributed by atoms with Gasteiger partial charge in [0, 0.05) is 0 Å². The molecule has 1 aromatic rings. The van der Waals surface area contributed by atoms with E-state index in [1.165, 1.54) is 6.92 Å². The van der Waals surface area contributed by atoms with E-state index in [0.29, 0.717) is 0 Å². The minimum Gasteiger partial charge on any atom is -0.436 e. The van der Waals surface area contributed by atoms with E-state index in [2.05, 4.69) is 14.7 Å². The normalized spacial score (nSPS) is 12.1. The lowest BCUT2D eigenvalue weighted by Crippen LogP contribution is -2.05. The van der Waals surface area contributed by atoms with E-state index in [1.807, 2.05) is 0 Å². The third-order valence-electron chi connectivity index (χ3n) is 1.47.